The zero-order valence-electron chi connectivity index (χ0n) is 7.53. The average Bonchev–Trinajstić information content (AvgIpc) is 2.43. The van der Waals surface area contributed by atoms with E-state index in [1.807, 2.05) is 0 Å². The summed E-state index contributed by atoms with van der Waals surface area (Å²) in [5, 5.41) is 0. The van der Waals surface area contributed by atoms with E-state index in [2.05, 4.69) is 38.5 Å². The summed E-state index contributed by atoms with van der Waals surface area (Å²) < 4.78 is 6.19. The van der Waals surface area contributed by atoms with Gasteiger partial charge in [-0.05, 0) is 0 Å². The van der Waals surface area contributed by atoms with Gasteiger partial charge in [-0.3, -0.25) is 0 Å². The SMILES string of the molecule is [Li][C]1(COC(C)(C)C)CC1. The van der Waals surface area contributed by atoms with Crippen LogP contribution in [0.4, 0.5) is 0 Å². The molecule has 1 saturated carbocycles. The van der Waals surface area contributed by atoms with Crippen LogP contribution in [-0.4, -0.2) is 29.9 Å². The van der Waals surface area contributed by atoms with E-state index in [4.69, 9.17) is 4.74 Å². The summed E-state index contributed by atoms with van der Waals surface area (Å²) in [6, 6.07) is 0. The van der Waals surface area contributed by atoms with Crippen LogP contribution < -0.4 is 0 Å². The van der Waals surface area contributed by atoms with Crippen LogP contribution in [0.2, 0.25) is 4.09 Å². The van der Waals surface area contributed by atoms with Crippen molar-refractivity contribution in [1.82, 2.24) is 0 Å². The third-order valence-corrected chi connectivity index (χ3v) is 1.96. The molecule has 54 valence electrons. The van der Waals surface area contributed by atoms with Gasteiger partial charge < -0.3 is 0 Å². The van der Waals surface area contributed by atoms with Gasteiger partial charge in [-0.2, -0.15) is 0 Å². The van der Waals surface area contributed by atoms with Gasteiger partial charge in [0.2, 0.25) is 0 Å². The first kappa shape index (κ1) is 8.65. The summed E-state index contributed by atoms with van der Waals surface area (Å²) in [6.45, 7) is 7.27. The van der Waals surface area contributed by atoms with Crippen LogP contribution in [0.15, 0.2) is 0 Å². The maximum atomic E-state index is 5.66. The fraction of sp³-hybridized carbons (Fsp3) is 1.00. The van der Waals surface area contributed by atoms with Gasteiger partial charge in [0.25, 0.3) is 0 Å². The first-order valence-electron chi connectivity index (χ1n) is 4.05. The molecule has 1 rings (SSSR count). The first-order valence-corrected chi connectivity index (χ1v) is 4.05. The summed E-state index contributed by atoms with van der Waals surface area (Å²) in [5.74, 6) is 0. The second kappa shape index (κ2) is 2.55. The van der Waals surface area contributed by atoms with E-state index in [0.717, 1.165) is 6.61 Å². The third kappa shape index (κ3) is 3.10. The Morgan fingerprint density at radius 2 is 1.90 bits per heavy atom. The van der Waals surface area contributed by atoms with Crippen LogP contribution in [0, 0.1) is 0 Å². The molecular weight excluding hydrogens is 119 g/mol. The zero-order valence-corrected chi connectivity index (χ0v) is 7.53. The third-order valence-electron chi connectivity index (χ3n) is 1.96. The van der Waals surface area contributed by atoms with Crippen molar-refractivity contribution in [3.8, 4) is 0 Å². The Hall–Kier alpha value is 0.557. The Balaban J connectivity index is 2.17. The van der Waals surface area contributed by atoms with Gasteiger partial charge in [-0.25, -0.2) is 0 Å². The van der Waals surface area contributed by atoms with Gasteiger partial charge in [-0.15, -0.1) is 0 Å². The fourth-order valence-corrected chi connectivity index (χ4v) is 0.748. The number of hydrogen-bond acceptors (Lipinski definition) is 1. The Bertz CT molecular complexity index is 116. The molecule has 10 heavy (non-hydrogen) atoms. The van der Waals surface area contributed by atoms with Crippen molar-refractivity contribution >= 4 is 17.7 Å². The number of hydrogen-bond donors (Lipinski definition) is 0. The summed E-state index contributed by atoms with van der Waals surface area (Å²) >= 11 is 2.29. The van der Waals surface area contributed by atoms with Crippen LogP contribution >= 0.6 is 0 Å². The molecule has 0 heterocycles. The van der Waals surface area contributed by atoms with E-state index in [9.17, 15) is 0 Å². The quantitative estimate of drug-likeness (QED) is 0.524. The monoisotopic (exact) mass is 134 g/mol. The molecule has 0 aliphatic heterocycles. The van der Waals surface area contributed by atoms with Crippen LogP contribution in [0.25, 0.3) is 0 Å². The van der Waals surface area contributed by atoms with Gasteiger partial charge in [0.15, 0.2) is 0 Å². The van der Waals surface area contributed by atoms with Crippen LogP contribution in [-0.2, 0) is 4.74 Å². The Kier molecular flexibility index (Phi) is 2.21. The summed E-state index contributed by atoms with van der Waals surface area (Å²) in [4.78, 5) is 0. The van der Waals surface area contributed by atoms with Crippen molar-refractivity contribution in [2.75, 3.05) is 6.61 Å². The minimum absolute atomic E-state index is 0.0472. The van der Waals surface area contributed by atoms with Gasteiger partial charge in [0.1, 0.15) is 0 Å². The molecule has 0 aromatic rings. The molecule has 0 N–H and O–H groups in total. The molecule has 0 spiro atoms. The summed E-state index contributed by atoms with van der Waals surface area (Å²) in [7, 11) is 0. The van der Waals surface area contributed by atoms with Crippen molar-refractivity contribution in [3.05, 3.63) is 0 Å². The van der Waals surface area contributed by atoms with Crippen molar-refractivity contribution < 1.29 is 4.74 Å². The first-order chi connectivity index (χ1) is 4.41. The molecule has 0 atom stereocenters. The fourth-order valence-electron chi connectivity index (χ4n) is 0.748. The number of ether oxygens (including phenoxy) is 1. The predicted octanol–water partition coefficient (Wildman–Crippen LogP) is 1.92. The summed E-state index contributed by atoms with van der Waals surface area (Å²) in [5.41, 5.74) is 0.0472. The van der Waals surface area contributed by atoms with Gasteiger partial charge in [0.05, 0.1) is 0 Å². The van der Waals surface area contributed by atoms with E-state index in [1.165, 1.54) is 12.8 Å². The molecule has 1 aliphatic rings. The van der Waals surface area contributed by atoms with E-state index in [1.54, 1.807) is 0 Å². The molecular formula is C8H15LiO. The number of rotatable bonds is 2. The molecule has 0 radical (unpaired) electrons. The molecule has 2 heteroatoms. The zero-order chi connectivity index (χ0) is 7.83. The predicted molar refractivity (Wildman–Crippen MR) is 43.4 cm³/mol. The topological polar surface area (TPSA) is 9.23 Å². The van der Waals surface area contributed by atoms with E-state index < -0.39 is 0 Å². The van der Waals surface area contributed by atoms with E-state index in [-0.39, 0.29) is 5.60 Å². The van der Waals surface area contributed by atoms with Crippen LogP contribution in [0.5, 0.6) is 0 Å². The Labute approximate surface area is 72.7 Å². The standard InChI is InChI=1S/C8H15O.Li/c1-8(2,3)9-6-7-4-5-7;/h4-6H2,1-3H3;. The Morgan fingerprint density at radius 1 is 1.40 bits per heavy atom. The minimum atomic E-state index is 0.0472. The van der Waals surface area contributed by atoms with Crippen molar-refractivity contribution in [2.24, 2.45) is 0 Å². The van der Waals surface area contributed by atoms with Crippen molar-refractivity contribution in [1.29, 1.82) is 0 Å². The van der Waals surface area contributed by atoms with Crippen LogP contribution in [0.1, 0.15) is 33.6 Å². The molecule has 1 fully saturated rings. The summed E-state index contributed by atoms with van der Waals surface area (Å²) in [6.07, 6.45) is 2.70. The average molecular weight is 134 g/mol. The van der Waals surface area contributed by atoms with E-state index in [0.29, 0.717) is 4.09 Å². The molecule has 0 aromatic carbocycles. The maximum absolute atomic E-state index is 5.66. The van der Waals surface area contributed by atoms with E-state index >= 15 is 0 Å². The molecule has 0 amide bonds. The second-order valence-corrected chi connectivity index (χ2v) is 4.71. The Morgan fingerprint density at radius 3 is 2.20 bits per heavy atom. The normalized spacial score (nSPS) is 22.9. The molecule has 1 aliphatic carbocycles. The molecule has 0 saturated heterocycles. The second-order valence-electron chi connectivity index (χ2n) is 4.71. The molecule has 0 aromatic heterocycles. The van der Waals surface area contributed by atoms with Gasteiger partial charge >= 0.3 is 72.4 Å². The molecule has 0 bridgehead atoms. The van der Waals surface area contributed by atoms with Crippen LogP contribution in [0.3, 0.4) is 0 Å². The van der Waals surface area contributed by atoms with Crippen molar-refractivity contribution in [2.45, 2.75) is 43.3 Å². The van der Waals surface area contributed by atoms with Gasteiger partial charge in [0, 0.05) is 0 Å². The van der Waals surface area contributed by atoms with Gasteiger partial charge in [-0.1, -0.05) is 0 Å². The molecule has 0 unspecified atom stereocenters. The van der Waals surface area contributed by atoms with Crippen molar-refractivity contribution in [3.63, 3.8) is 0 Å². The molecule has 1 nitrogen and oxygen atoms in total.